The maximum Gasteiger partial charge on any atom is 0.208 e. The Hall–Kier alpha value is -2.00. The first-order chi connectivity index (χ1) is 11.4. The first-order valence-corrected chi connectivity index (χ1v) is 9.50. The van der Waals surface area contributed by atoms with Crippen molar-refractivity contribution >= 4 is 21.7 Å². The molecule has 0 spiro atoms. The fraction of sp³-hybridized carbons (Fsp3) is 0.533. The topological polar surface area (TPSA) is 101 Å². The molecule has 1 aromatic carbocycles. The lowest BCUT2D eigenvalue weighted by Gasteiger charge is -2.13. The van der Waals surface area contributed by atoms with Gasteiger partial charge >= 0.3 is 0 Å². The van der Waals surface area contributed by atoms with Gasteiger partial charge in [0.1, 0.15) is 0 Å². The van der Waals surface area contributed by atoms with E-state index in [4.69, 9.17) is 9.47 Å². The third-order valence-electron chi connectivity index (χ3n) is 2.96. The molecule has 9 heteroatoms. The van der Waals surface area contributed by atoms with Gasteiger partial charge in [0.2, 0.25) is 10.0 Å². The number of hydrogen-bond donors (Lipinski definition) is 3. The Bertz CT molecular complexity index is 647. The highest BCUT2D eigenvalue weighted by Gasteiger charge is 2.06. The van der Waals surface area contributed by atoms with E-state index in [0.717, 1.165) is 11.9 Å². The Labute approximate surface area is 143 Å². The number of ether oxygens (including phenoxy) is 2. The molecule has 0 aromatic heterocycles. The average Bonchev–Trinajstić information content (AvgIpc) is 2.53. The van der Waals surface area contributed by atoms with E-state index in [1.807, 2.05) is 19.1 Å². The van der Waals surface area contributed by atoms with Crippen molar-refractivity contribution in [2.24, 2.45) is 4.99 Å². The normalized spacial score (nSPS) is 11.9. The molecular weight excluding hydrogens is 332 g/mol. The van der Waals surface area contributed by atoms with Crippen molar-refractivity contribution in [3.63, 3.8) is 0 Å². The van der Waals surface area contributed by atoms with E-state index in [1.165, 1.54) is 0 Å². The summed E-state index contributed by atoms with van der Waals surface area (Å²) in [6.07, 6.45) is 1.74. The second-order valence-electron chi connectivity index (χ2n) is 4.98. The monoisotopic (exact) mass is 358 g/mol. The molecule has 0 aliphatic rings. The molecule has 0 saturated carbocycles. The van der Waals surface area contributed by atoms with Crippen LogP contribution in [0.3, 0.4) is 0 Å². The van der Waals surface area contributed by atoms with Crippen LogP contribution >= 0.6 is 0 Å². The zero-order valence-corrected chi connectivity index (χ0v) is 15.4. The summed E-state index contributed by atoms with van der Waals surface area (Å²) in [5.41, 5.74) is 0.807. The number of hydrogen-bond acceptors (Lipinski definition) is 5. The first-order valence-electron chi connectivity index (χ1n) is 7.61. The zero-order chi connectivity index (χ0) is 18.0. The number of nitrogens with zero attached hydrogens (tertiary/aromatic N) is 1. The molecule has 1 aromatic rings. The van der Waals surface area contributed by atoms with Crippen LogP contribution in [-0.4, -0.2) is 54.5 Å². The van der Waals surface area contributed by atoms with Crippen LogP contribution < -0.4 is 24.8 Å². The van der Waals surface area contributed by atoms with E-state index < -0.39 is 10.0 Å². The van der Waals surface area contributed by atoms with Gasteiger partial charge < -0.3 is 20.1 Å². The summed E-state index contributed by atoms with van der Waals surface area (Å²) in [5, 5.41) is 6.31. The van der Waals surface area contributed by atoms with Crippen LogP contribution in [0.2, 0.25) is 0 Å². The van der Waals surface area contributed by atoms with E-state index in [0.29, 0.717) is 43.5 Å². The van der Waals surface area contributed by atoms with Crippen LogP contribution in [0, 0.1) is 0 Å². The number of methoxy groups -OCH3 is 2. The van der Waals surface area contributed by atoms with E-state index in [2.05, 4.69) is 20.3 Å². The molecule has 8 nitrogen and oxygen atoms in total. The minimum atomic E-state index is -3.15. The maximum atomic E-state index is 11.0. The molecule has 0 radical (unpaired) electrons. The molecule has 0 aliphatic heterocycles. The predicted octanol–water partition coefficient (Wildman–Crippen LogP) is 1.02. The summed E-state index contributed by atoms with van der Waals surface area (Å²) >= 11 is 0. The number of anilines is 1. The molecule has 0 unspecified atom stereocenters. The number of nitrogens with one attached hydrogen (secondary N) is 3. The SMILES string of the molecule is CCNC(=NCCCNS(C)(=O)=O)Nc1ccc(OC)c(OC)c1. The Morgan fingerprint density at radius 2 is 1.92 bits per heavy atom. The third kappa shape index (κ3) is 7.51. The van der Waals surface area contributed by atoms with Gasteiger partial charge in [0, 0.05) is 31.4 Å². The number of guanidine groups is 1. The minimum Gasteiger partial charge on any atom is -0.493 e. The Balaban J connectivity index is 2.66. The standard InChI is InChI=1S/C15H26N4O4S/c1-5-16-15(17-9-6-10-18-24(4,20)21)19-12-7-8-13(22-2)14(11-12)23-3/h7-8,11,18H,5-6,9-10H2,1-4H3,(H2,16,17,19). The molecular formula is C15H26N4O4S. The van der Waals surface area contributed by atoms with Crippen LogP contribution in [-0.2, 0) is 10.0 Å². The first kappa shape index (κ1) is 20.0. The predicted molar refractivity (Wildman–Crippen MR) is 96.6 cm³/mol. The second-order valence-corrected chi connectivity index (χ2v) is 6.81. The largest absolute Gasteiger partial charge is 0.493 e. The summed E-state index contributed by atoms with van der Waals surface area (Å²) in [5.74, 6) is 1.89. The Morgan fingerprint density at radius 1 is 1.21 bits per heavy atom. The highest BCUT2D eigenvalue weighted by molar-refractivity contribution is 7.88. The van der Waals surface area contributed by atoms with Gasteiger partial charge in [-0.15, -0.1) is 0 Å². The minimum absolute atomic E-state index is 0.359. The van der Waals surface area contributed by atoms with Crippen molar-refractivity contribution in [2.75, 3.05) is 45.4 Å². The molecule has 1 rings (SSSR count). The van der Waals surface area contributed by atoms with Crippen LogP contribution in [0.4, 0.5) is 5.69 Å². The fourth-order valence-electron chi connectivity index (χ4n) is 1.89. The van der Waals surface area contributed by atoms with Crippen molar-refractivity contribution < 1.29 is 17.9 Å². The summed E-state index contributed by atoms with van der Waals surface area (Å²) in [4.78, 5) is 4.41. The third-order valence-corrected chi connectivity index (χ3v) is 3.69. The van der Waals surface area contributed by atoms with Crippen molar-refractivity contribution in [1.29, 1.82) is 0 Å². The summed E-state index contributed by atoms with van der Waals surface area (Å²) < 4.78 is 34.9. The Morgan fingerprint density at radius 3 is 2.50 bits per heavy atom. The molecule has 3 N–H and O–H groups in total. The second kappa shape index (κ2) is 9.99. The van der Waals surface area contributed by atoms with Crippen molar-refractivity contribution in [1.82, 2.24) is 10.0 Å². The molecule has 24 heavy (non-hydrogen) atoms. The lowest BCUT2D eigenvalue weighted by molar-refractivity contribution is 0.355. The molecule has 136 valence electrons. The van der Waals surface area contributed by atoms with Gasteiger partial charge in [-0.2, -0.15) is 0 Å². The van der Waals surface area contributed by atoms with E-state index in [-0.39, 0.29) is 0 Å². The molecule has 0 amide bonds. The summed E-state index contributed by atoms with van der Waals surface area (Å²) in [6, 6.07) is 5.48. The van der Waals surface area contributed by atoms with Gasteiger partial charge in [-0.25, -0.2) is 13.1 Å². The van der Waals surface area contributed by atoms with Crippen molar-refractivity contribution in [3.05, 3.63) is 18.2 Å². The highest BCUT2D eigenvalue weighted by atomic mass is 32.2. The van der Waals surface area contributed by atoms with E-state index in [9.17, 15) is 8.42 Å². The van der Waals surface area contributed by atoms with Crippen LogP contribution in [0.25, 0.3) is 0 Å². The quantitative estimate of drug-likeness (QED) is 0.346. The molecule has 0 heterocycles. The number of rotatable bonds is 9. The summed E-state index contributed by atoms with van der Waals surface area (Å²) in [7, 11) is 0.0100. The van der Waals surface area contributed by atoms with Gasteiger partial charge in [-0.1, -0.05) is 0 Å². The number of sulfonamides is 1. The fourth-order valence-corrected chi connectivity index (χ4v) is 2.40. The Kier molecular flexibility index (Phi) is 8.34. The molecule has 0 atom stereocenters. The molecule has 0 bridgehead atoms. The molecule has 0 fully saturated rings. The van der Waals surface area contributed by atoms with Gasteiger partial charge in [-0.3, -0.25) is 4.99 Å². The van der Waals surface area contributed by atoms with E-state index in [1.54, 1.807) is 20.3 Å². The van der Waals surface area contributed by atoms with Crippen molar-refractivity contribution in [2.45, 2.75) is 13.3 Å². The lowest BCUT2D eigenvalue weighted by Crippen LogP contribution is -2.31. The number of aliphatic imine (C=N–C) groups is 1. The summed E-state index contributed by atoms with van der Waals surface area (Å²) in [6.45, 7) is 3.53. The van der Waals surface area contributed by atoms with Crippen LogP contribution in [0.15, 0.2) is 23.2 Å². The molecule has 0 aliphatic carbocycles. The van der Waals surface area contributed by atoms with E-state index >= 15 is 0 Å². The van der Waals surface area contributed by atoms with Crippen LogP contribution in [0.1, 0.15) is 13.3 Å². The van der Waals surface area contributed by atoms with Gasteiger partial charge in [0.15, 0.2) is 17.5 Å². The van der Waals surface area contributed by atoms with Gasteiger partial charge in [0.05, 0.1) is 20.5 Å². The zero-order valence-electron chi connectivity index (χ0n) is 14.5. The average molecular weight is 358 g/mol. The van der Waals surface area contributed by atoms with Gasteiger partial charge in [-0.05, 0) is 25.5 Å². The van der Waals surface area contributed by atoms with Crippen LogP contribution in [0.5, 0.6) is 11.5 Å². The smallest absolute Gasteiger partial charge is 0.208 e. The van der Waals surface area contributed by atoms with Gasteiger partial charge in [0.25, 0.3) is 0 Å². The lowest BCUT2D eigenvalue weighted by atomic mass is 10.3. The number of benzene rings is 1. The maximum absolute atomic E-state index is 11.0. The molecule has 0 saturated heterocycles. The van der Waals surface area contributed by atoms with Crippen molar-refractivity contribution in [3.8, 4) is 11.5 Å². The highest BCUT2D eigenvalue weighted by Crippen LogP contribution is 2.29.